The molecular formula is C84H126N6O6. The number of nitriles is 2. The van der Waals surface area contributed by atoms with E-state index in [9.17, 15) is 19.2 Å². The van der Waals surface area contributed by atoms with Crippen molar-refractivity contribution in [1.29, 1.82) is 10.5 Å². The molecule has 0 saturated heterocycles. The van der Waals surface area contributed by atoms with Gasteiger partial charge in [-0.3, -0.25) is 19.2 Å². The molecule has 4 N–H and O–H groups in total. The molecule has 0 unspecified atom stereocenters. The molecule has 0 heterocycles. The molecule has 4 aromatic carbocycles. The summed E-state index contributed by atoms with van der Waals surface area (Å²) in [6, 6.07) is 36.2. The smallest absolute Gasteiger partial charge is 0.220 e. The second-order valence-corrected chi connectivity index (χ2v) is 27.7. The van der Waals surface area contributed by atoms with Gasteiger partial charge < -0.3 is 30.7 Å². The number of hydrogen-bond donors (Lipinski definition) is 4. The first-order chi connectivity index (χ1) is 47.2. The maximum absolute atomic E-state index is 12.8. The van der Waals surface area contributed by atoms with Gasteiger partial charge in [-0.15, -0.1) is 0 Å². The molecule has 6 rings (SSSR count). The summed E-state index contributed by atoms with van der Waals surface area (Å²) in [7, 11) is 0. The van der Waals surface area contributed by atoms with Gasteiger partial charge in [0, 0.05) is 49.9 Å². The molecule has 2 aliphatic rings. The Hall–Kier alpha value is -6.66. The predicted octanol–water partition coefficient (Wildman–Crippen LogP) is 21.2. The molecule has 2 fully saturated rings. The summed E-state index contributed by atoms with van der Waals surface area (Å²) in [5.74, 6) is 2.37. The Kier molecular flexibility index (Phi) is 43.7. The highest BCUT2D eigenvalue weighted by Gasteiger charge is 2.29. The Balaban J connectivity index is 0.000000415. The zero-order chi connectivity index (χ0) is 68.1. The maximum atomic E-state index is 12.8. The third-order valence-electron chi connectivity index (χ3n) is 19.5. The molecule has 4 amide bonds. The summed E-state index contributed by atoms with van der Waals surface area (Å²) in [6.45, 7) is 5.96. The molecular weight excluding hydrogens is 1190 g/mol. The normalized spacial score (nSPS) is 15.8. The van der Waals surface area contributed by atoms with Crippen molar-refractivity contribution in [3.05, 3.63) is 108 Å². The number of benzene rings is 4. The molecule has 0 aliphatic heterocycles. The highest BCUT2D eigenvalue weighted by Crippen LogP contribution is 2.27. The van der Waals surface area contributed by atoms with E-state index in [1.165, 1.54) is 128 Å². The van der Waals surface area contributed by atoms with E-state index in [2.05, 4.69) is 71.5 Å². The van der Waals surface area contributed by atoms with Crippen LogP contribution in [0.1, 0.15) is 320 Å². The fraction of sp³-hybridized carbons (Fsp3) is 0.643. The van der Waals surface area contributed by atoms with Gasteiger partial charge in [0.05, 0.1) is 36.5 Å². The highest BCUT2D eigenvalue weighted by molar-refractivity contribution is 5.79. The zero-order valence-corrected chi connectivity index (χ0v) is 59.8. The first-order valence-electron chi connectivity index (χ1n) is 38.8. The van der Waals surface area contributed by atoms with E-state index in [-0.39, 0.29) is 47.8 Å². The van der Waals surface area contributed by atoms with Crippen molar-refractivity contribution in [1.82, 2.24) is 21.3 Å². The van der Waals surface area contributed by atoms with Gasteiger partial charge in [0.15, 0.2) is 0 Å². The minimum Gasteiger partial charge on any atom is -0.494 e. The summed E-state index contributed by atoms with van der Waals surface area (Å²) in [4.78, 5) is 50.6. The van der Waals surface area contributed by atoms with E-state index in [1.807, 2.05) is 72.8 Å². The number of rotatable bonds is 50. The van der Waals surface area contributed by atoms with Gasteiger partial charge in [0.2, 0.25) is 23.6 Å². The van der Waals surface area contributed by atoms with Crippen LogP contribution in [-0.2, 0) is 19.2 Å². The van der Waals surface area contributed by atoms with Crippen LogP contribution in [-0.4, -0.2) is 61.0 Å². The van der Waals surface area contributed by atoms with E-state index in [0.717, 1.165) is 188 Å². The summed E-state index contributed by atoms with van der Waals surface area (Å²) in [5, 5.41) is 31.0. The summed E-state index contributed by atoms with van der Waals surface area (Å²) < 4.78 is 11.9. The van der Waals surface area contributed by atoms with E-state index < -0.39 is 0 Å². The van der Waals surface area contributed by atoms with E-state index in [0.29, 0.717) is 36.8 Å². The monoisotopic (exact) mass is 1310 g/mol. The number of ether oxygens (including phenoxy) is 2. The van der Waals surface area contributed by atoms with Crippen molar-refractivity contribution in [2.75, 3.05) is 13.2 Å². The molecule has 4 aromatic rings. The fourth-order valence-corrected chi connectivity index (χ4v) is 13.5. The molecule has 12 nitrogen and oxygen atoms in total. The van der Waals surface area contributed by atoms with Crippen molar-refractivity contribution in [2.24, 2.45) is 0 Å². The lowest BCUT2D eigenvalue weighted by atomic mass is 9.90. The molecule has 12 heteroatoms. The highest BCUT2D eigenvalue weighted by atomic mass is 16.5. The number of hydrogen-bond acceptors (Lipinski definition) is 8. The van der Waals surface area contributed by atoms with E-state index >= 15 is 0 Å². The minimum absolute atomic E-state index is 0.0449. The van der Waals surface area contributed by atoms with Crippen molar-refractivity contribution >= 4 is 23.6 Å². The number of amides is 4. The number of nitrogens with one attached hydrogen (secondary N) is 4. The van der Waals surface area contributed by atoms with Crippen LogP contribution in [0.4, 0.5) is 0 Å². The SMILES string of the molecule is CCCCCCCCCCCC(=O)N[C@H]1CCCC[C@@H]1NC(=O)CCCCCCCCCCC.N#Cc1ccc(-c2ccc(OCCCCCCCCCCC(=O)N[C@H]3CCCC[C@@H]3NC(=O)CCCCCCCCCCOc3ccc(-c4ccc(C#N)cc4)cc3)cc2)cc1. The van der Waals surface area contributed by atoms with Crippen molar-refractivity contribution in [3.63, 3.8) is 0 Å². The second-order valence-electron chi connectivity index (χ2n) is 27.7. The third-order valence-corrected chi connectivity index (χ3v) is 19.5. The standard InChI is InChI=1S/C54H68N4O4.C30H58N2O2/c55-41-43-23-27-45(28-24-43)47-31-35-49(36-32-47)61-39-17-11-7-3-1-5-9-13-21-53(59)57-51-19-15-16-20-52(51)58-54(60)22-14-10-6-2-4-8-12-18-40-62-50-37-33-48(34-38-50)46-29-25-44(42-56)26-30-46;1-3-5-7-9-11-13-15-17-19-25-29(33)31-27-23-21-22-24-28(27)32-30(34)26-20-18-16-14-12-10-8-6-4-2/h23-38,51-52H,1-22,39-40H2,(H,57,59)(H,58,60);27-28H,3-26H2,1-2H3,(H,31,33)(H,32,34)/t51-,52-;27-,28-/m00/s1. The number of unbranched alkanes of at least 4 members (excludes halogenated alkanes) is 30. The minimum atomic E-state index is 0.0449. The van der Waals surface area contributed by atoms with Crippen LogP contribution < -0.4 is 30.7 Å². The van der Waals surface area contributed by atoms with E-state index in [4.69, 9.17) is 20.0 Å². The largest absolute Gasteiger partial charge is 0.494 e. The average Bonchev–Trinajstić information content (AvgIpc) is 2.57. The molecule has 4 atom stereocenters. The van der Waals surface area contributed by atoms with Crippen LogP contribution in [0.25, 0.3) is 22.3 Å². The molecule has 96 heavy (non-hydrogen) atoms. The molecule has 0 aromatic heterocycles. The summed E-state index contributed by atoms with van der Waals surface area (Å²) >= 11 is 0. The Morgan fingerprint density at radius 2 is 0.521 bits per heavy atom. The molecule has 0 spiro atoms. The van der Waals surface area contributed by atoms with Gasteiger partial charge in [-0.1, -0.05) is 268 Å². The van der Waals surface area contributed by atoms with Gasteiger partial charge in [-0.2, -0.15) is 10.5 Å². The average molecular weight is 1320 g/mol. The second kappa shape index (κ2) is 52.5. The summed E-state index contributed by atoms with van der Waals surface area (Å²) in [5.41, 5.74) is 5.73. The molecule has 0 radical (unpaired) electrons. The third kappa shape index (κ3) is 36.6. The Labute approximate surface area is 581 Å². The molecule has 2 aliphatic carbocycles. The van der Waals surface area contributed by atoms with Crippen LogP contribution in [0.3, 0.4) is 0 Å². The number of carbonyl (C=O) groups excluding carboxylic acids is 4. The van der Waals surface area contributed by atoms with Crippen molar-refractivity contribution in [3.8, 4) is 45.9 Å². The van der Waals surface area contributed by atoms with Gasteiger partial charge in [0.1, 0.15) is 11.5 Å². The van der Waals surface area contributed by atoms with Gasteiger partial charge >= 0.3 is 0 Å². The van der Waals surface area contributed by atoms with Crippen LogP contribution >= 0.6 is 0 Å². The van der Waals surface area contributed by atoms with Crippen LogP contribution in [0, 0.1) is 22.7 Å². The lowest BCUT2D eigenvalue weighted by molar-refractivity contribution is -0.125. The van der Waals surface area contributed by atoms with Crippen molar-refractivity contribution < 1.29 is 28.7 Å². The quantitative estimate of drug-likeness (QED) is 0.0315. The van der Waals surface area contributed by atoms with Crippen LogP contribution in [0.15, 0.2) is 97.1 Å². The van der Waals surface area contributed by atoms with Gasteiger partial charge in [0.25, 0.3) is 0 Å². The van der Waals surface area contributed by atoms with E-state index in [1.54, 1.807) is 0 Å². The molecule has 0 bridgehead atoms. The van der Waals surface area contributed by atoms with Crippen LogP contribution in [0.2, 0.25) is 0 Å². The van der Waals surface area contributed by atoms with Crippen LogP contribution in [0.5, 0.6) is 11.5 Å². The topological polar surface area (TPSA) is 182 Å². The lowest BCUT2D eigenvalue weighted by Crippen LogP contribution is -2.53. The first-order valence-corrected chi connectivity index (χ1v) is 38.8. The van der Waals surface area contributed by atoms with Crippen molar-refractivity contribution in [2.45, 2.75) is 333 Å². The Bertz CT molecular complexity index is 2570. The number of carbonyl (C=O) groups is 4. The van der Waals surface area contributed by atoms with Gasteiger partial charge in [-0.05, 0) is 135 Å². The fourth-order valence-electron chi connectivity index (χ4n) is 13.5. The molecule has 2 saturated carbocycles. The Morgan fingerprint density at radius 1 is 0.312 bits per heavy atom. The predicted molar refractivity (Wildman–Crippen MR) is 396 cm³/mol. The lowest BCUT2D eigenvalue weighted by Gasteiger charge is -2.33. The zero-order valence-electron chi connectivity index (χ0n) is 59.8. The Morgan fingerprint density at radius 3 is 0.750 bits per heavy atom. The number of nitrogens with zero attached hydrogens (tertiary/aromatic N) is 2. The van der Waals surface area contributed by atoms with Gasteiger partial charge in [-0.25, -0.2) is 0 Å². The maximum Gasteiger partial charge on any atom is 0.220 e. The summed E-state index contributed by atoms with van der Waals surface area (Å²) in [6.07, 6.45) is 51.6. The first kappa shape index (κ1) is 80.0. The molecule has 528 valence electrons.